The second kappa shape index (κ2) is 2.41. The SMILES string of the molecule is Nc1nc2ncc3ccccc3n2n1. The Morgan fingerprint density at radius 2 is 2.07 bits per heavy atom. The standard InChI is InChI=1S/C9H7N5/c10-8-12-9-11-5-6-3-1-2-4-7(6)14(9)13-8/h1-5H,(H2,10,13). The summed E-state index contributed by atoms with van der Waals surface area (Å²) in [6.07, 6.45) is 1.76. The van der Waals surface area contributed by atoms with Crippen LogP contribution in [0.1, 0.15) is 0 Å². The van der Waals surface area contributed by atoms with E-state index in [0.717, 1.165) is 10.9 Å². The molecule has 2 aromatic heterocycles. The highest BCUT2D eigenvalue weighted by Crippen LogP contribution is 2.13. The second-order valence-electron chi connectivity index (χ2n) is 3.00. The first kappa shape index (κ1) is 7.25. The molecule has 0 aliphatic heterocycles. The number of nitrogens with two attached hydrogens (primary N) is 1. The van der Waals surface area contributed by atoms with E-state index in [0.29, 0.717) is 5.78 Å². The van der Waals surface area contributed by atoms with Crippen molar-refractivity contribution in [2.75, 3.05) is 5.73 Å². The quantitative estimate of drug-likeness (QED) is 0.564. The second-order valence-corrected chi connectivity index (χ2v) is 3.00. The van der Waals surface area contributed by atoms with Crippen molar-refractivity contribution in [3.05, 3.63) is 30.5 Å². The third-order valence-electron chi connectivity index (χ3n) is 2.09. The van der Waals surface area contributed by atoms with Crippen LogP contribution in [0.25, 0.3) is 16.7 Å². The van der Waals surface area contributed by atoms with Crippen molar-refractivity contribution in [1.82, 2.24) is 19.6 Å². The highest BCUT2D eigenvalue weighted by Gasteiger charge is 2.04. The zero-order chi connectivity index (χ0) is 9.54. The minimum atomic E-state index is 0.244. The van der Waals surface area contributed by atoms with Gasteiger partial charge in [-0.3, -0.25) is 0 Å². The molecule has 2 N–H and O–H groups in total. The lowest BCUT2D eigenvalue weighted by Crippen LogP contribution is -1.93. The summed E-state index contributed by atoms with van der Waals surface area (Å²) in [4.78, 5) is 8.12. The van der Waals surface area contributed by atoms with E-state index in [-0.39, 0.29) is 5.95 Å². The molecule has 0 aliphatic carbocycles. The predicted octanol–water partition coefficient (Wildman–Crippen LogP) is 0.860. The molecular formula is C9H7N5. The molecule has 0 saturated carbocycles. The van der Waals surface area contributed by atoms with Gasteiger partial charge in [-0.1, -0.05) is 18.2 Å². The third-order valence-corrected chi connectivity index (χ3v) is 2.09. The summed E-state index contributed by atoms with van der Waals surface area (Å²) >= 11 is 0. The topological polar surface area (TPSA) is 69.1 Å². The van der Waals surface area contributed by atoms with Crippen molar-refractivity contribution in [2.45, 2.75) is 0 Å². The summed E-state index contributed by atoms with van der Waals surface area (Å²) in [7, 11) is 0. The number of anilines is 1. The van der Waals surface area contributed by atoms with Gasteiger partial charge in [0.05, 0.1) is 5.52 Å². The van der Waals surface area contributed by atoms with Gasteiger partial charge in [0.25, 0.3) is 5.78 Å². The van der Waals surface area contributed by atoms with Gasteiger partial charge in [-0.15, -0.1) is 5.10 Å². The molecule has 0 atom stereocenters. The van der Waals surface area contributed by atoms with Crippen molar-refractivity contribution in [3.8, 4) is 0 Å². The van der Waals surface area contributed by atoms with Gasteiger partial charge in [0.2, 0.25) is 5.95 Å². The lowest BCUT2D eigenvalue weighted by atomic mass is 10.2. The van der Waals surface area contributed by atoms with Crippen LogP contribution in [0.3, 0.4) is 0 Å². The van der Waals surface area contributed by atoms with Gasteiger partial charge >= 0.3 is 0 Å². The molecule has 0 fully saturated rings. The van der Waals surface area contributed by atoms with E-state index < -0.39 is 0 Å². The van der Waals surface area contributed by atoms with E-state index in [1.165, 1.54) is 0 Å². The lowest BCUT2D eigenvalue weighted by molar-refractivity contribution is 0.989. The van der Waals surface area contributed by atoms with Crippen LogP contribution in [0.5, 0.6) is 0 Å². The van der Waals surface area contributed by atoms with E-state index in [4.69, 9.17) is 5.73 Å². The van der Waals surface area contributed by atoms with Crippen molar-refractivity contribution in [3.63, 3.8) is 0 Å². The molecular weight excluding hydrogens is 178 g/mol. The summed E-state index contributed by atoms with van der Waals surface area (Å²) in [5.74, 6) is 0.773. The molecule has 0 amide bonds. The third kappa shape index (κ3) is 0.861. The maximum absolute atomic E-state index is 5.50. The molecule has 3 aromatic rings. The molecule has 1 aromatic carbocycles. The van der Waals surface area contributed by atoms with Gasteiger partial charge in [0.15, 0.2) is 0 Å². The molecule has 0 saturated heterocycles. The highest BCUT2D eigenvalue weighted by atomic mass is 15.4. The number of rotatable bonds is 0. The van der Waals surface area contributed by atoms with E-state index >= 15 is 0 Å². The fraction of sp³-hybridized carbons (Fsp3) is 0. The molecule has 0 radical (unpaired) electrons. The number of hydrogen-bond donors (Lipinski definition) is 1. The Bertz CT molecular complexity index is 613. The van der Waals surface area contributed by atoms with Crippen molar-refractivity contribution < 1.29 is 0 Å². The first-order chi connectivity index (χ1) is 6.84. The Balaban J connectivity index is 2.60. The summed E-state index contributed by atoms with van der Waals surface area (Å²) in [5, 5.41) is 5.08. The molecule has 0 spiro atoms. The zero-order valence-electron chi connectivity index (χ0n) is 7.25. The number of hydrogen-bond acceptors (Lipinski definition) is 4. The summed E-state index contributed by atoms with van der Waals surface area (Å²) in [5.41, 5.74) is 6.46. The fourth-order valence-electron chi connectivity index (χ4n) is 1.48. The summed E-state index contributed by atoms with van der Waals surface area (Å²) in [6, 6.07) is 7.83. The predicted molar refractivity (Wildman–Crippen MR) is 52.7 cm³/mol. The smallest absolute Gasteiger partial charge is 0.254 e. The molecule has 5 nitrogen and oxygen atoms in total. The molecule has 0 unspecified atom stereocenters. The molecule has 0 bridgehead atoms. The van der Waals surface area contributed by atoms with Crippen LogP contribution in [0.15, 0.2) is 30.5 Å². The van der Waals surface area contributed by atoms with E-state index in [1.807, 2.05) is 24.3 Å². The first-order valence-electron chi connectivity index (χ1n) is 4.20. The Morgan fingerprint density at radius 1 is 1.21 bits per heavy atom. The van der Waals surface area contributed by atoms with Crippen molar-refractivity contribution in [1.29, 1.82) is 0 Å². The van der Waals surface area contributed by atoms with Gasteiger partial charge in [0, 0.05) is 11.6 Å². The number of nitrogen functional groups attached to an aromatic ring is 1. The minimum Gasteiger partial charge on any atom is -0.366 e. The van der Waals surface area contributed by atoms with Gasteiger partial charge in [-0.05, 0) is 6.07 Å². The van der Waals surface area contributed by atoms with Crippen molar-refractivity contribution >= 4 is 22.6 Å². The average molecular weight is 185 g/mol. The number of fused-ring (bicyclic) bond motifs is 3. The van der Waals surface area contributed by atoms with Gasteiger partial charge in [-0.25, -0.2) is 4.98 Å². The monoisotopic (exact) mass is 185 g/mol. The number of para-hydroxylation sites is 1. The molecule has 14 heavy (non-hydrogen) atoms. The number of nitrogens with zero attached hydrogens (tertiary/aromatic N) is 4. The molecule has 2 heterocycles. The number of benzene rings is 1. The van der Waals surface area contributed by atoms with Gasteiger partial charge < -0.3 is 5.73 Å². The maximum Gasteiger partial charge on any atom is 0.254 e. The van der Waals surface area contributed by atoms with Crippen LogP contribution >= 0.6 is 0 Å². The largest absolute Gasteiger partial charge is 0.366 e. The summed E-state index contributed by atoms with van der Waals surface area (Å²) < 4.78 is 1.64. The van der Waals surface area contributed by atoms with Gasteiger partial charge in [-0.2, -0.15) is 9.50 Å². The van der Waals surface area contributed by atoms with Crippen LogP contribution in [-0.4, -0.2) is 19.6 Å². The Morgan fingerprint density at radius 3 is 3.00 bits per heavy atom. The number of aromatic nitrogens is 4. The molecule has 0 aliphatic rings. The Kier molecular flexibility index (Phi) is 1.25. The summed E-state index contributed by atoms with van der Waals surface area (Å²) in [6.45, 7) is 0. The fourth-order valence-corrected chi connectivity index (χ4v) is 1.48. The van der Waals surface area contributed by atoms with Crippen molar-refractivity contribution in [2.24, 2.45) is 0 Å². The van der Waals surface area contributed by atoms with Crippen LogP contribution in [0, 0.1) is 0 Å². The highest BCUT2D eigenvalue weighted by molar-refractivity contribution is 5.79. The molecule has 68 valence electrons. The lowest BCUT2D eigenvalue weighted by Gasteiger charge is -1.97. The molecule has 3 rings (SSSR count). The van der Waals surface area contributed by atoms with Crippen LogP contribution in [-0.2, 0) is 0 Å². The minimum absolute atomic E-state index is 0.244. The van der Waals surface area contributed by atoms with Crippen LogP contribution < -0.4 is 5.73 Å². The van der Waals surface area contributed by atoms with E-state index in [1.54, 1.807) is 10.7 Å². The first-order valence-corrected chi connectivity index (χ1v) is 4.20. The molecule has 5 heteroatoms. The van der Waals surface area contributed by atoms with E-state index in [2.05, 4.69) is 15.1 Å². The normalized spacial score (nSPS) is 11.1. The maximum atomic E-state index is 5.50. The Hall–Kier alpha value is -2.17. The van der Waals surface area contributed by atoms with Crippen LogP contribution in [0.2, 0.25) is 0 Å². The van der Waals surface area contributed by atoms with Crippen LogP contribution in [0.4, 0.5) is 5.95 Å². The Labute approximate surface area is 79.2 Å². The average Bonchev–Trinajstić information content (AvgIpc) is 2.59. The van der Waals surface area contributed by atoms with Gasteiger partial charge in [0.1, 0.15) is 0 Å². The zero-order valence-corrected chi connectivity index (χ0v) is 7.25. The van der Waals surface area contributed by atoms with E-state index in [9.17, 15) is 0 Å².